The van der Waals surface area contributed by atoms with Gasteiger partial charge in [-0.3, -0.25) is 4.79 Å². The van der Waals surface area contributed by atoms with E-state index in [1.165, 1.54) is 0 Å². The molecule has 0 aromatic heterocycles. The molecular formula is C11H15BrN2OS. The van der Waals surface area contributed by atoms with Crippen LogP contribution < -0.4 is 11.1 Å². The van der Waals surface area contributed by atoms with Gasteiger partial charge in [-0.2, -0.15) is 11.8 Å². The van der Waals surface area contributed by atoms with E-state index in [0.717, 1.165) is 22.3 Å². The summed E-state index contributed by atoms with van der Waals surface area (Å²) in [4.78, 5) is 11.2. The van der Waals surface area contributed by atoms with Crippen LogP contribution in [-0.4, -0.2) is 24.0 Å². The summed E-state index contributed by atoms with van der Waals surface area (Å²) in [6.07, 6.45) is 2.75. The van der Waals surface area contributed by atoms with Crippen LogP contribution in [0.25, 0.3) is 0 Å². The first-order valence-electron chi connectivity index (χ1n) is 4.94. The molecule has 0 spiro atoms. The maximum Gasteiger partial charge on any atom is 0.239 e. The second-order valence-corrected chi connectivity index (χ2v) is 5.29. The number of primary amides is 1. The summed E-state index contributed by atoms with van der Waals surface area (Å²) in [5.41, 5.74) is 6.24. The Morgan fingerprint density at radius 3 is 2.94 bits per heavy atom. The number of halogens is 1. The Labute approximate surface area is 108 Å². The summed E-state index contributed by atoms with van der Waals surface area (Å²) in [5.74, 6) is 0.600. The van der Waals surface area contributed by atoms with E-state index in [2.05, 4.69) is 21.2 Å². The van der Waals surface area contributed by atoms with Crippen LogP contribution >= 0.6 is 27.7 Å². The molecule has 0 radical (unpaired) electrons. The maximum atomic E-state index is 11.2. The van der Waals surface area contributed by atoms with E-state index >= 15 is 0 Å². The highest BCUT2D eigenvalue weighted by atomic mass is 79.9. The third kappa shape index (κ3) is 4.45. The Bertz CT molecular complexity index is 360. The third-order valence-electron chi connectivity index (χ3n) is 2.12. The van der Waals surface area contributed by atoms with Crippen molar-refractivity contribution in [2.24, 2.45) is 5.73 Å². The lowest BCUT2D eigenvalue weighted by atomic mass is 10.2. The van der Waals surface area contributed by atoms with Crippen LogP contribution in [0.15, 0.2) is 28.7 Å². The van der Waals surface area contributed by atoms with Crippen molar-refractivity contribution in [3.8, 4) is 0 Å². The van der Waals surface area contributed by atoms with Gasteiger partial charge in [-0.05, 0) is 36.6 Å². The summed E-state index contributed by atoms with van der Waals surface area (Å²) < 4.78 is 0.977. The van der Waals surface area contributed by atoms with Crippen molar-refractivity contribution in [3.05, 3.63) is 28.7 Å². The minimum Gasteiger partial charge on any atom is -0.374 e. The van der Waals surface area contributed by atoms with E-state index in [1.807, 2.05) is 30.5 Å². The predicted octanol–water partition coefficient (Wildman–Crippen LogP) is 2.47. The third-order valence-corrected chi connectivity index (χ3v) is 3.26. The number of nitrogens with two attached hydrogens (primary N) is 1. The Balaban J connectivity index is 2.64. The monoisotopic (exact) mass is 302 g/mol. The number of rotatable bonds is 6. The van der Waals surface area contributed by atoms with Gasteiger partial charge in [-0.1, -0.05) is 22.0 Å². The Kier molecular flexibility index (Phi) is 5.69. The van der Waals surface area contributed by atoms with E-state index in [-0.39, 0.29) is 11.9 Å². The minimum atomic E-state index is -0.311. The molecule has 1 rings (SSSR count). The molecule has 0 fully saturated rings. The van der Waals surface area contributed by atoms with Gasteiger partial charge in [-0.15, -0.1) is 0 Å². The smallest absolute Gasteiger partial charge is 0.239 e. The van der Waals surface area contributed by atoms with Crippen LogP contribution in [-0.2, 0) is 4.79 Å². The molecule has 0 aliphatic rings. The quantitative estimate of drug-likeness (QED) is 0.849. The van der Waals surface area contributed by atoms with Crippen LogP contribution in [0.2, 0.25) is 0 Å². The van der Waals surface area contributed by atoms with Gasteiger partial charge >= 0.3 is 0 Å². The second-order valence-electron chi connectivity index (χ2n) is 3.39. The van der Waals surface area contributed by atoms with Crippen molar-refractivity contribution in [2.45, 2.75) is 12.5 Å². The van der Waals surface area contributed by atoms with Crippen molar-refractivity contribution in [1.29, 1.82) is 0 Å². The molecule has 0 saturated heterocycles. The van der Waals surface area contributed by atoms with Gasteiger partial charge in [0.15, 0.2) is 0 Å². The second kappa shape index (κ2) is 6.81. The topological polar surface area (TPSA) is 55.1 Å². The van der Waals surface area contributed by atoms with Crippen molar-refractivity contribution >= 4 is 39.3 Å². The standard InChI is InChI=1S/C11H15BrN2OS/c1-16-6-5-10(11(13)15)14-9-4-2-3-8(12)7-9/h2-4,7,10,14H,5-6H2,1H3,(H2,13,15). The Morgan fingerprint density at radius 1 is 1.62 bits per heavy atom. The number of nitrogens with one attached hydrogen (secondary N) is 1. The Hall–Kier alpha value is -0.680. The average Bonchev–Trinajstić information content (AvgIpc) is 2.24. The molecule has 16 heavy (non-hydrogen) atoms. The van der Waals surface area contributed by atoms with E-state index in [0.29, 0.717) is 0 Å². The molecule has 1 unspecified atom stereocenters. The van der Waals surface area contributed by atoms with Gasteiger partial charge in [0.05, 0.1) is 0 Å². The van der Waals surface area contributed by atoms with Crippen LogP contribution in [0.4, 0.5) is 5.69 Å². The van der Waals surface area contributed by atoms with E-state index in [1.54, 1.807) is 11.8 Å². The molecule has 0 aliphatic carbocycles. The van der Waals surface area contributed by atoms with Crippen molar-refractivity contribution in [2.75, 3.05) is 17.3 Å². The van der Waals surface area contributed by atoms with E-state index in [9.17, 15) is 4.79 Å². The van der Waals surface area contributed by atoms with Gasteiger partial charge in [0.1, 0.15) is 6.04 Å². The normalized spacial score (nSPS) is 12.1. The van der Waals surface area contributed by atoms with Crippen LogP contribution in [0.3, 0.4) is 0 Å². The number of hydrogen-bond acceptors (Lipinski definition) is 3. The summed E-state index contributed by atoms with van der Waals surface area (Å²) >= 11 is 5.09. The summed E-state index contributed by atoms with van der Waals surface area (Å²) in [6, 6.07) is 7.39. The lowest BCUT2D eigenvalue weighted by molar-refractivity contribution is -0.118. The number of carbonyl (C=O) groups is 1. The van der Waals surface area contributed by atoms with Gasteiger partial charge in [-0.25, -0.2) is 0 Å². The molecule has 1 aromatic carbocycles. The first-order chi connectivity index (χ1) is 7.63. The highest BCUT2D eigenvalue weighted by Gasteiger charge is 2.14. The summed E-state index contributed by atoms with van der Waals surface area (Å²) in [7, 11) is 0. The fourth-order valence-corrected chi connectivity index (χ4v) is 2.17. The van der Waals surface area contributed by atoms with Gasteiger partial charge in [0.2, 0.25) is 5.91 Å². The zero-order valence-corrected chi connectivity index (χ0v) is 11.5. The number of thioether (sulfide) groups is 1. The molecule has 0 bridgehead atoms. The predicted molar refractivity (Wildman–Crippen MR) is 73.7 cm³/mol. The van der Waals surface area contributed by atoms with Gasteiger partial charge in [0, 0.05) is 10.2 Å². The number of anilines is 1. The number of carbonyl (C=O) groups excluding carboxylic acids is 1. The molecule has 3 nitrogen and oxygen atoms in total. The van der Waals surface area contributed by atoms with Crippen LogP contribution in [0.5, 0.6) is 0 Å². The molecule has 0 aliphatic heterocycles. The summed E-state index contributed by atoms with van der Waals surface area (Å²) in [6.45, 7) is 0. The largest absolute Gasteiger partial charge is 0.374 e. The minimum absolute atomic E-state index is 0.304. The lowest BCUT2D eigenvalue weighted by Gasteiger charge is -2.16. The van der Waals surface area contributed by atoms with E-state index in [4.69, 9.17) is 5.73 Å². The highest BCUT2D eigenvalue weighted by molar-refractivity contribution is 9.10. The molecule has 0 saturated carbocycles. The SMILES string of the molecule is CSCCC(Nc1cccc(Br)c1)C(N)=O. The molecule has 5 heteroatoms. The molecule has 88 valence electrons. The van der Waals surface area contributed by atoms with Crippen molar-refractivity contribution in [1.82, 2.24) is 0 Å². The zero-order chi connectivity index (χ0) is 12.0. The fourth-order valence-electron chi connectivity index (χ4n) is 1.30. The fraction of sp³-hybridized carbons (Fsp3) is 0.364. The lowest BCUT2D eigenvalue weighted by Crippen LogP contribution is -2.35. The number of amides is 1. The van der Waals surface area contributed by atoms with Crippen molar-refractivity contribution < 1.29 is 4.79 Å². The molecule has 3 N–H and O–H groups in total. The number of benzene rings is 1. The van der Waals surface area contributed by atoms with E-state index < -0.39 is 0 Å². The zero-order valence-electron chi connectivity index (χ0n) is 9.07. The molecule has 1 atom stereocenters. The average molecular weight is 303 g/mol. The Morgan fingerprint density at radius 2 is 2.38 bits per heavy atom. The van der Waals surface area contributed by atoms with Crippen molar-refractivity contribution in [3.63, 3.8) is 0 Å². The number of hydrogen-bond donors (Lipinski definition) is 2. The first-order valence-corrected chi connectivity index (χ1v) is 7.12. The van der Waals surface area contributed by atoms with Crippen LogP contribution in [0.1, 0.15) is 6.42 Å². The highest BCUT2D eigenvalue weighted by Crippen LogP contribution is 2.17. The first kappa shape index (κ1) is 13.4. The van der Waals surface area contributed by atoms with Gasteiger partial charge in [0.25, 0.3) is 0 Å². The molecule has 1 aromatic rings. The maximum absolute atomic E-state index is 11.2. The van der Waals surface area contributed by atoms with Gasteiger partial charge < -0.3 is 11.1 Å². The van der Waals surface area contributed by atoms with Crippen LogP contribution in [0, 0.1) is 0 Å². The molecule has 1 amide bonds. The summed E-state index contributed by atoms with van der Waals surface area (Å²) in [5, 5.41) is 3.14. The molecular weight excluding hydrogens is 288 g/mol. The molecule has 0 heterocycles.